The molecule has 42 heavy (non-hydrogen) atoms. The van der Waals surface area contributed by atoms with Crippen LogP contribution in [0.2, 0.25) is 0 Å². The predicted molar refractivity (Wildman–Crippen MR) is 130 cm³/mol. The lowest BCUT2D eigenvalue weighted by atomic mass is 10.1. The second-order valence-corrected chi connectivity index (χ2v) is 8.96. The minimum atomic E-state index is -1.36. The molecular formula is C30H18N4O8. The van der Waals surface area contributed by atoms with Gasteiger partial charge in [0.1, 0.15) is 0 Å². The van der Waals surface area contributed by atoms with Crippen molar-refractivity contribution >= 4 is 23.9 Å². The monoisotopic (exact) mass is 562 g/mol. The maximum absolute atomic E-state index is 11.3. The highest BCUT2D eigenvalue weighted by molar-refractivity contribution is 5.86. The highest BCUT2D eigenvalue weighted by Crippen LogP contribution is 2.19. The molecule has 12 nitrogen and oxygen atoms in total. The number of pyridine rings is 4. The van der Waals surface area contributed by atoms with Crippen LogP contribution in [0.1, 0.15) is 41.4 Å². The van der Waals surface area contributed by atoms with E-state index in [-0.39, 0.29) is 22.3 Å². The number of hydrogen-bond donors (Lipinski definition) is 0. The van der Waals surface area contributed by atoms with Crippen LogP contribution in [0.3, 0.4) is 0 Å². The molecular weight excluding hydrogens is 544 g/mol. The molecule has 0 saturated carbocycles. The highest BCUT2D eigenvalue weighted by atomic mass is 16.4. The van der Waals surface area contributed by atoms with Gasteiger partial charge < -0.3 is 39.6 Å². The molecule has 1 aromatic carbocycles. The quantitative estimate of drug-likeness (QED) is 0.173. The van der Waals surface area contributed by atoms with Gasteiger partial charge >= 0.3 is 0 Å². The third-order valence-corrected chi connectivity index (χ3v) is 6.44. The number of aromatic carboxylic acids is 4. The minimum Gasteiger partial charge on any atom is -0.545 e. The average molecular weight is 562 g/mol. The van der Waals surface area contributed by atoms with E-state index in [9.17, 15) is 39.6 Å². The molecule has 0 aliphatic rings. The standard InChI is InChI=1S/C30H18N4O8/c35-27(36)19-1-9-31(10-2-19)23-17-25(33-13-5-21(6-14-33)29(39)40)26(34-15-7-22(8-16-34)30(41)42)18-24(23)32-11-3-20(4-12-32)28(37)38/h1-18H. The Morgan fingerprint density at radius 1 is 0.357 bits per heavy atom. The summed E-state index contributed by atoms with van der Waals surface area (Å²) in [6.45, 7) is 0. The lowest BCUT2D eigenvalue weighted by Crippen LogP contribution is -2.44. The van der Waals surface area contributed by atoms with Crippen LogP contribution in [-0.2, 0) is 0 Å². The van der Waals surface area contributed by atoms with Gasteiger partial charge in [-0.25, -0.2) is 0 Å². The first-order chi connectivity index (χ1) is 20.1. The molecule has 0 bridgehead atoms. The summed E-state index contributed by atoms with van der Waals surface area (Å²) in [6, 6.07) is 14.3. The lowest BCUT2D eigenvalue weighted by molar-refractivity contribution is -0.644. The van der Waals surface area contributed by atoms with Crippen molar-refractivity contribution in [1.29, 1.82) is 0 Å². The van der Waals surface area contributed by atoms with Crippen LogP contribution in [0, 0.1) is 0 Å². The number of nitrogens with zero attached hydrogens (tertiary/aromatic N) is 4. The van der Waals surface area contributed by atoms with Crippen molar-refractivity contribution in [1.82, 2.24) is 0 Å². The number of carboxylic acids is 4. The minimum absolute atomic E-state index is 0.0496. The molecule has 0 radical (unpaired) electrons. The van der Waals surface area contributed by atoms with Crippen LogP contribution < -0.4 is 38.7 Å². The molecule has 5 rings (SSSR count). The van der Waals surface area contributed by atoms with E-state index in [1.165, 1.54) is 98.1 Å². The number of carboxylic acid groups (broad SMARTS) is 4. The van der Waals surface area contributed by atoms with Crippen LogP contribution >= 0.6 is 0 Å². The zero-order valence-corrected chi connectivity index (χ0v) is 21.4. The van der Waals surface area contributed by atoms with Gasteiger partial charge in [-0.1, -0.05) is 0 Å². The summed E-state index contributed by atoms with van der Waals surface area (Å²) in [4.78, 5) is 45.3. The first-order valence-electron chi connectivity index (χ1n) is 12.2. The van der Waals surface area contributed by atoms with Gasteiger partial charge in [0.05, 0.1) is 36.0 Å². The summed E-state index contributed by atoms with van der Waals surface area (Å²) < 4.78 is 6.53. The zero-order chi connectivity index (χ0) is 30.0. The van der Waals surface area contributed by atoms with E-state index < -0.39 is 23.9 Å². The topological polar surface area (TPSA) is 176 Å². The molecule has 4 aromatic heterocycles. The Hall–Kier alpha value is -6.30. The van der Waals surface area contributed by atoms with Gasteiger partial charge in [-0.2, -0.15) is 18.3 Å². The summed E-state index contributed by atoms with van der Waals surface area (Å²) in [5.41, 5.74) is 1.83. The lowest BCUT2D eigenvalue weighted by Gasteiger charge is -2.07. The van der Waals surface area contributed by atoms with Crippen molar-refractivity contribution < 1.29 is 57.9 Å². The van der Waals surface area contributed by atoms with Gasteiger partial charge in [0.15, 0.2) is 49.6 Å². The summed E-state index contributed by atoms with van der Waals surface area (Å²) in [6.07, 6.45) is 12.1. The van der Waals surface area contributed by atoms with Gasteiger partial charge in [0.25, 0.3) is 22.7 Å². The summed E-state index contributed by atoms with van der Waals surface area (Å²) in [7, 11) is 0. The molecule has 0 N–H and O–H groups in total. The van der Waals surface area contributed by atoms with Crippen molar-refractivity contribution in [2.75, 3.05) is 0 Å². The summed E-state index contributed by atoms with van der Waals surface area (Å²) in [5, 5.41) is 45.3. The fraction of sp³-hybridized carbons (Fsp3) is 0. The zero-order valence-electron chi connectivity index (χ0n) is 21.4. The second-order valence-electron chi connectivity index (χ2n) is 8.96. The summed E-state index contributed by atoms with van der Waals surface area (Å²) >= 11 is 0. The first kappa shape index (κ1) is 27.3. The van der Waals surface area contributed by atoms with Gasteiger partial charge in [0, 0.05) is 70.8 Å². The van der Waals surface area contributed by atoms with Gasteiger partial charge in [-0.3, -0.25) is 0 Å². The molecule has 0 saturated heterocycles. The fourth-order valence-electron chi connectivity index (χ4n) is 4.27. The largest absolute Gasteiger partial charge is 0.545 e. The molecule has 0 amide bonds. The molecule has 0 spiro atoms. The maximum Gasteiger partial charge on any atom is 0.290 e. The number of carbonyl (C=O) groups excluding carboxylic acids is 4. The number of hydrogen-bond acceptors (Lipinski definition) is 8. The molecule has 0 fully saturated rings. The van der Waals surface area contributed by atoms with E-state index in [1.54, 1.807) is 30.4 Å². The van der Waals surface area contributed by atoms with E-state index in [4.69, 9.17) is 0 Å². The number of rotatable bonds is 8. The number of benzene rings is 1. The number of carbonyl (C=O) groups is 4. The van der Waals surface area contributed by atoms with E-state index in [1.807, 2.05) is 0 Å². The van der Waals surface area contributed by atoms with Gasteiger partial charge in [0.2, 0.25) is 0 Å². The smallest absolute Gasteiger partial charge is 0.290 e. The van der Waals surface area contributed by atoms with Crippen molar-refractivity contribution in [2.45, 2.75) is 0 Å². The summed E-state index contributed by atoms with van der Waals surface area (Å²) in [5.74, 6) is -5.42. The Kier molecular flexibility index (Phi) is 7.18. The van der Waals surface area contributed by atoms with E-state index in [2.05, 4.69) is 0 Å². The van der Waals surface area contributed by atoms with Crippen LogP contribution in [0.15, 0.2) is 110 Å². The normalized spacial score (nSPS) is 10.7. The third kappa shape index (κ3) is 5.40. The van der Waals surface area contributed by atoms with Gasteiger partial charge in [-0.15, -0.1) is 0 Å². The Labute approximate surface area is 237 Å². The van der Waals surface area contributed by atoms with Crippen molar-refractivity contribution in [2.24, 2.45) is 0 Å². The van der Waals surface area contributed by atoms with Crippen molar-refractivity contribution in [3.8, 4) is 22.7 Å². The van der Waals surface area contributed by atoms with E-state index in [0.29, 0.717) is 22.7 Å². The van der Waals surface area contributed by atoms with E-state index >= 15 is 0 Å². The van der Waals surface area contributed by atoms with Crippen LogP contribution in [-0.4, -0.2) is 23.9 Å². The van der Waals surface area contributed by atoms with Crippen LogP contribution in [0.5, 0.6) is 0 Å². The Morgan fingerprint density at radius 3 is 0.667 bits per heavy atom. The molecule has 0 aliphatic carbocycles. The second kappa shape index (κ2) is 11.1. The molecule has 0 atom stereocenters. The predicted octanol–water partition coefficient (Wildman–Crippen LogP) is -3.75. The maximum atomic E-state index is 11.3. The number of aromatic nitrogens is 4. The van der Waals surface area contributed by atoms with E-state index in [0.717, 1.165) is 0 Å². The Balaban J connectivity index is 1.80. The molecule has 0 unspecified atom stereocenters. The third-order valence-electron chi connectivity index (χ3n) is 6.44. The van der Waals surface area contributed by atoms with Crippen LogP contribution in [0.25, 0.3) is 22.7 Å². The Morgan fingerprint density at radius 2 is 0.524 bits per heavy atom. The van der Waals surface area contributed by atoms with Gasteiger partial charge in [-0.05, 0) is 0 Å². The Bertz CT molecular complexity index is 1580. The average Bonchev–Trinajstić information content (AvgIpc) is 3.00. The van der Waals surface area contributed by atoms with Crippen molar-refractivity contribution in [3.63, 3.8) is 0 Å². The highest BCUT2D eigenvalue weighted by Gasteiger charge is 2.32. The molecule has 206 valence electrons. The SMILES string of the molecule is O=C([O-])c1cc[n+](-c2cc(-[n+]3ccc(C(=O)[O-])cc3)c(-[n+]3ccc(C(=O)[O-])cc3)cc2-[n+]2ccc(C(=O)[O-])cc2)cc1. The van der Waals surface area contributed by atoms with Crippen LogP contribution in [0.4, 0.5) is 0 Å². The molecule has 0 aliphatic heterocycles. The fourth-order valence-corrected chi connectivity index (χ4v) is 4.27. The first-order valence-corrected chi connectivity index (χ1v) is 12.2. The molecule has 12 heteroatoms. The molecule has 4 heterocycles. The van der Waals surface area contributed by atoms with Crippen molar-refractivity contribution in [3.05, 3.63) is 132 Å². The molecule has 5 aromatic rings.